The molecular formula is C24H25N3O3S2. The Bertz CT molecular complexity index is 1190. The minimum atomic E-state index is -0.192. The van der Waals surface area contributed by atoms with Crippen molar-refractivity contribution in [3.05, 3.63) is 70.8 Å². The maximum atomic E-state index is 13.3. The van der Waals surface area contributed by atoms with Crippen LogP contribution in [-0.4, -0.2) is 35.4 Å². The van der Waals surface area contributed by atoms with Crippen LogP contribution in [0.2, 0.25) is 0 Å². The van der Waals surface area contributed by atoms with Gasteiger partial charge in [0.1, 0.15) is 15.7 Å². The summed E-state index contributed by atoms with van der Waals surface area (Å²) in [5.41, 5.74) is 2.65. The number of hydrogen-bond donors (Lipinski definition) is 1. The van der Waals surface area contributed by atoms with Gasteiger partial charge < -0.3 is 14.2 Å². The number of aromatic nitrogens is 1. The summed E-state index contributed by atoms with van der Waals surface area (Å²) < 4.78 is 12.7. The lowest BCUT2D eigenvalue weighted by molar-refractivity contribution is 0.0907. The molecule has 1 aliphatic heterocycles. The first-order valence-electron chi connectivity index (χ1n) is 10.8. The molecular weight excluding hydrogens is 442 g/mol. The van der Waals surface area contributed by atoms with Crippen LogP contribution in [0.3, 0.4) is 0 Å². The Hall–Kier alpha value is -2.55. The summed E-state index contributed by atoms with van der Waals surface area (Å²) in [7, 11) is 0. The van der Waals surface area contributed by atoms with Gasteiger partial charge in [0.05, 0.1) is 12.3 Å². The number of nitrogens with zero attached hydrogens (tertiary/aromatic N) is 2. The molecule has 1 saturated heterocycles. The first-order chi connectivity index (χ1) is 15.7. The number of thiazole rings is 1. The lowest BCUT2D eigenvalue weighted by atomic mass is 10.1. The molecule has 166 valence electrons. The third kappa shape index (κ3) is 4.48. The van der Waals surface area contributed by atoms with Crippen LogP contribution in [0.4, 0.5) is 0 Å². The van der Waals surface area contributed by atoms with Crippen LogP contribution >= 0.6 is 23.1 Å². The number of thioether (sulfide) groups is 1. The average molecular weight is 468 g/mol. The molecule has 32 heavy (non-hydrogen) atoms. The van der Waals surface area contributed by atoms with Crippen LogP contribution in [0.5, 0.6) is 0 Å². The molecule has 0 aliphatic carbocycles. The van der Waals surface area contributed by atoms with Crippen molar-refractivity contribution in [2.45, 2.75) is 35.9 Å². The maximum absolute atomic E-state index is 13.3. The smallest absolute Gasteiger partial charge is 0.287 e. The summed E-state index contributed by atoms with van der Waals surface area (Å²) in [4.78, 5) is 20.2. The number of carbonyl (C=O) groups excluding carboxylic acids is 1. The van der Waals surface area contributed by atoms with Crippen molar-refractivity contribution in [3.63, 3.8) is 0 Å². The zero-order chi connectivity index (χ0) is 21.9. The van der Waals surface area contributed by atoms with E-state index in [0.29, 0.717) is 18.1 Å². The van der Waals surface area contributed by atoms with Crippen LogP contribution < -0.4 is 5.32 Å². The Balaban J connectivity index is 1.36. The van der Waals surface area contributed by atoms with Crippen LogP contribution in [0.25, 0.3) is 11.0 Å². The summed E-state index contributed by atoms with van der Waals surface area (Å²) in [6.07, 6.45) is 4.04. The van der Waals surface area contributed by atoms with Crippen molar-refractivity contribution in [3.8, 4) is 0 Å². The van der Waals surface area contributed by atoms with E-state index in [2.05, 4.69) is 15.2 Å². The van der Waals surface area contributed by atoms with Crippen LogP contribution in [0, 0.1) is 6.92 Å². The molecule has 4 aromatic rings. The number of furan rings is 2. The molecule has 1 fully saturated rings. The first-order valence-corrected chi connectivity index (χ1v) is 12.7. The fourth-order valence-corrected chi connectivity index (χ4v) is 6.05. The Labute approximate surface area is 195 Å². The van der Waals surface area contributed by atoms with Gasteiger partial charge >= 0.3 is 0 Å². The lowest BCUT2D eigenvalue weighted by Gasteiger charge is -2.25. The average Bonchev–Trinajstić information content (AvgIpc) is 3.59. The number of likely N-dealkylation sites (tertiary alicyclic amines) is 1. The van der Waals surface area contributed by atoms with Crippen LogP contribution in [0.15, 0.2) is 61.2 Å². The summed E-state index contributed by atoms with van der Waals surface area (Å²) >= 11 is 3.25. The van der Waals surface area contributed by atoms with E-state index in [4.69, 9.17) is 8.83 Å². The third-order valence-electron chi connectivity index (χ3n) is 5.75. The number of amides is 1. The van der Waals surface area contributed by atoms with E-state index in [1.807, 2.05) is 48.7 Å². The minimum absolute atomic E-state index is 0.0250. The molecule has 0 spiro atoms. The number of rotatable bonds is 8. The van der Waals surface area contributed by atoms with E-state index in [1.165, 1.54) is 12.8 Å². The second kappa shape index (κ2) is 9.52. The highest BCUT2D eigenvalue weighted by molar-refractivity contribution is 8.00. The zero-order valence-corrected chi connectivity index (χ0v) is 19.5. The fraction of sp³-hybridized carbons (Fsp3) is 0.333. The Morgan fingerprint density at radius 2 is 2.09 bits per heavy atom. The Kier molecular flexibility index (Phi) is 6.34. The lowest BCUT2D eigenvalue weighted by Crippen LogP contribution is -2.36. The predicted octanol–water partition coefficient (Wildman–Crippen LogP) is 5.65. The van der Waals surface area contributed by atoms with Crippen molar-refractivity contribution < 1.29 is 13.6 Å². The number of hydrogen-bond acceptors (Lipinski definition) is 7. The van der Waals surface area contributed by atoms with Crippen LogP contribution in [-0.2, 0) is 5.75 Å². The molecule has 0 radical (unpaired) electrons. The Morgan fingerprint density at radius 3 is 2.84 bits per heavy atom. The number of fused-ring (bicyclic) bond motifs is 1. The molecule has 1 aromatic carbocycles. The van der Waals surface area contributed by atoms with Gasteiger partial charge in [-0.15, -0.1) is 11.3 Å². The number of aryl methyl sites for hydroxylation is 1. The second-order valence-corrected chi connectivity index (χ2v) is 10.0. The molecule has 0 saturated carbocycles. The van der Waals surface area contributed by atoms with E-state index < -0.39 is 0 Å². The normalized spacial score (nSPS) is 15.4. The van der Waals surface area contributed by atoms with Gasteiger partial charge in [-0.05, 0) is 51.1 Å². The molecule has 1 N–H and O–H groups in total. The highest BCUT2D eigenvalue weighted by Crippen LogP contribution is 2.33. The van der Waals surface area contributed by atoms with Gasteiger partial charge in [0.15, 0.2) is 5.76 Å². The van der Waals surface area contributed by atoms with Gasteiger partial charge in [-0.2, -0.15) is 0 Å². The van der Waals surface area contributed by atoms with E-state index in [1.54, 1.807) is 29.4 Å². The SMILES string of the molecule is Cc1csc(SCc2c(C(=O)NCC(c3ccco3)N3CCCC3)oc3ccccc23)n1. The zero-order valence-electron chi connectivity index (χ0n) is 17.9. The second-order valence-electron chi connectivity index (χ2n) is 7.93. The first kappa shape index (κ1) is 21.3. The standard InChI is InChI=1S/C24H25N3O3S2/c1-16-14-31-24(26-16)32-15-18-17-7-2-3-8-20(17)30-22(18)23(28)25-13-19(21-9-6-12-29-21)27-10-4-5-11-27/h2-3,6-9,12,14,19H,4-5,10-11,13,15H2,1H3,(H,25,28). The van der Waals surface area contributed by atoms with E-state index in [9.17, 15) is 4.79 Å². The number of nitrogens with one attached hydrogen (secondary N) is 1. The number of carbonyl (C=O) groups is 1. The van der Waals surface area contributed by atoms with Crippen molar-refractivity contribution in [1.29, 1.82) is 0 Å². The Morgan fingerprint density at radius 1 is 1.25 bits per heavy atom. The number of para-hydroxylation sites is 1. The highest BCUT2D eigenvalue weighted by atomic mass is 32.2. The van der Waals surface area contributed by atoms with Crippen molar-refractivity contribution in [1.82, 2.24) is 15.2 Å². The molecule has 3 aromatic heterocycles. The molecule has 4 heterocycles. The van der Waals surface area contributed by atoms with Gasteiger partial charge in [0.25, 0.3) is 5.91 Å². The van der Waals surface area contributed by atoms with Gasteiger partial charge in [-0.1, -0.05) is 30.0 Å². The summed E-state index contributed by atoms with van der Waals surface area (Å²) in [6.45, 7) is 4.49. The maximum Gasteiger partial charge on any atom is 0.287 e. The fourth-order valence-electron chi connectivity index (χ4n) is 4.17. The van der Waals surface area contributed by atoms with E-state index in [0.717, 1.165) is 45.4 Å². The molecule has 1 aliphatic rings. The van der Waals surface area contributed by atoms with Crippen molar-refractivity contribution in [2.75, 3.05) is 19.6 Å². The van der Waals surface area contributed by atoms with Gasteiger partial charge in [0, 0.05) is 34.3 Å². The van der Waals surface area contributed by atoms with Crippen LogP contribution in [0.1, 0.15) is 46.5 Å². The van der Waals surface area contributed by atoms with E-state index >= 15 is 0 Å². The van der Waals surface area contributed by atoms with E-state index in [-0.39, 0.29) is 11.9 Å². The summed E-state index contributed by atoms with van der Waals surface area (Å²) in [6, 6.07) is 11.7. The van der Waals surface area contributed by atoms with Gasteiger partial charge in [-0.25, -0.2) is 4.98 Å². The third-order valence-corrected chi connectivity index (χ3v) is 7.92. The molecule has 6 nitrogen and oxygen atoms in total. The molecule has 0 bridgehead atoms. The molecule has 1 unspecified atom stereocenters. The highest BCUT2D eigenvalue weighted by Gasteiger charge is 2.27. The molecule has 8 heteroatoms. The van der Waals surface area contributed by atoms with Crippen molar-refractivity contribution in [2.24, 2.45) is 0 Å². The van der Waals surface area contributed by atoms with Crippen molar-refractivity contribution >= 4 is 40.0 Å². The van der Waals surface area contributed by atoms with Gasteiger partial charge in [0.2, 0.25) is 0 Å². The molecule has 5 rings (SSSR count). The number of benzene rings is 1. The monoisotopic (exact) mass is 467 g/mol. The van der Waals surface area contributed by atoms with Gasteiger partial charge in [-0.3, -0.25) is 9.69 Å². The molecule has 1 atom stereocenters. The summed E-state index contributed by atoms with van der Waals surface area (Å²) in [5.74, 6) is 1.70. The predicted molar refractivity (Wildman–Crippen MR) is 127 cm³/mol. The quantitative estimate of drug-likeness (QED) is 0.338. The minimum Gasteiger partial charge on any atom is -0.468 e. The largest absolute Gasteiger partial charge is 0.468 e. The molecule has 1 amide bonds. The summed E-state index contributed by atoms with van der Waals surface area (Å²) in [5, 5.41) is 6.12. The topological polar surface area (TPSA) is 71.5 Å².